The van der Waals surface area contributed by atoms with Crippen LogP contribution in [0.25, 0.3) is 11.5 Å². The van der Waals surface area contributed by atoms with Gasteiger partial charge in [0.05, 0.1) is 12.8 Å². The van der Waals surface area contributed by atoms with Crippen molar-refractivity contribution in [2.45, 2.75) is 45.6 Å². The van der Waals surface area contributed by atoms with Crippen molar-refractivity contribution in [1.29, 1.82) is 0 Å². The number of aromatic nitrogens is 1. The summed E-state index contributed by atoms with van der Waals surface area (Å²) in [4.78, 5) is 29.9. The molecule has 222 valence electrons. The summed E-state index contributed by atoms with van der Waals surface area (Å²) in [7, 11) is 1.54. The van der Waals surface area contributed by atoms with Crippen LogP contribution in [0.4, 0.5) is 4.79 Å². The Kier molecular flexibility index (Phi) is 11.3. The van der Waals surface area contributed by atoms with Gasteiger partial charge in [0, 0.05) is 12.1 Å². The van der Waals surface area contributed by atoms with Gasteiger partial charge in [0.15, 0.2) is 0 Å². The molecule has 4 aromatic rings. The zero-order valence-corrected chi connectivity index (χ0v) is 24.5. The molecule has 0 spiro atoms. The molecule has 1 amide bonds. The second-order valence-corrected chi connectivity index (χ2v) is 10.0. The topological polar surface area (TPSA) is 102 Å². The Bertz CT molecular complexity index is 1540. The van der Waals surface area contributed by atoms with Gasteiger partial charge in [-0.1, -0.05) is 42.5 Å². The van der Waals surface area contributed by atoms with Crippen molar-refractivity contribution in [3.05, 3.63) is 119 Å². The minimum Gasteiger partial charge on any atom is -0.497 e. The Labute approximate surface area is 251 Å². The first-order chi connectivity index (χ1) is 20.9. The molecule has 1 N–H and O–H groups in total. The first-order valence-electron chi connectivity index (χ1n) is 14.2. The van der Waals surface area contributed by atoms with Gasteiger partial charge in [-0.25, -0.2) is 9.78 Å². The third kappa shape index (κ3) is 9.76. The van der Waals surface area contributed by atoms with Crippen molar-refractivity contribution >= 4 is 12.1 Å². The van der Waals surface area contributed by atoms with E-state index in [1.54, 1.807) is 31.4 Å². The molecule has 0 aliphatic heterocycles. The largest absolute Gasteiger partial charge is 0.497 e. The molecule has 4 rings (SSSR count). The molecule has 8 nitrogen and oxygen atoms in total. The van der Waals surface area contributed by atoms with E-state index < -0.39 is 18.6 Å². The number of carboxylic acids is 1. The molecular weight excluding hydrogens is 544 g/mol. The number of allylic oxidation sites excluding steroid dienone is 1. The van der Waals surface area contributed by atoms with Crippen molar-refractivity contribution in [2.75, 3.05) is 13.7 Å². The van der Waals surface area contributed by atoms with Crippen molar-refractivity contribution < 1.29 is 28.6 Å². The maximum absolute atomic E-state index is 12.7. The number of methoxy groups -OCH3 is 1. The summed E-state index contributed by atoms with van der Waals surface area (Å²) >= 11 is 0. The molecule has 0 saturated heterocycles. The van der Waals surface area contributed by atoms with E-state index in [0.717, 1.165) is 65.1 Å². The van der Waals surface area contributed by atoms with Crippen LogP contribution < -0.4 is 9.47 Å². The maximum atomic E-state index is 12.7. The summed E-state index contributed by atoms with van der Waals surface area (Å²) in [5.74, 6) is 1.35. The molecule has 0 aliphatic rings. The summed E-state index contributed by atoms with van der Waals surface area (Å²) in [6, 6.07) is 24.2. The third-order valence-corrected chi connectivity index (χ3v) is 6.73. The molecular formula is C35H36N2O6. The molecule has 1 heterocycles. The van der Waals surface area contributed by atoms with Crippen LogP contribution in [0, 0.1) is 6.92 Å². The summed E-state index contributed by atoms with van der Waals surface area (Å²) in [6.45, 7) is 1.60. The lowest BCUT2D eigenvalue weighted by Gasteiger charge is -2.20. The smallest absolute Gasteiger partial charge is 0.416 e. The van der Waals surface area contributed by atoms with Crippen molar-refractivity contribution in [2.24, 2.45) is 0 Å². The first-order valence-corrected chi connectivity index (χ1v) is 14.2. The van der Waals surface area contributed by atoms with Crippen LogP contribution in [0.3, 0.4) is 0 Å². The van der Waals surface area contributed by atoms with Crippen molar-refractivity contribution in [1.82, 2.24) is 9.88 Å². The Morgan fingerprint density at radius 1 is 0.907 bits per heavy atom. The van der Waals surface area contributed by atoms with E-state index in [1.165, 1.54) is 0 Å². The molecule has 0 radical (unpaired) electrons. The molecule has 3 aromatic carbocycles. The van der Waals surface area contributed by atoms with Gasteiger partial charge in [0.1, 0.15) is 23.8 Å². The fourth-order valence-corrected chi connectivity index (χ4v) is 4.41. The van der Waals surface area contributed by atoms with Gasteiger partial charge in [-0.05, 0) is 98.7 Å². The normalized spacial score (nSPS) is 10.5. The summed E-state index contributed by atoms with van der Waals surface area (Å²) in [5.41, 5.74) is 7.21. The van der Waals surface area contributed by atoms with E-state index in [0.29, 0.717) is 17.4 Å². The van der Waals surface area contributed by atoms with Gasteiger partial charge in [-0.15, -0.1) is 5.73 Å². The number of oxazole rings is 1. The van der Waals surface area contributed by atoms with Crippen LogP contribution in [-0.2, 0) is 24.2 Å². The molecule has 43 heavy (non-hydrogen) atoms. The number of aliphatic carboxylic acids is 1. The van der Waals surface area contributed by atoms with Crippen LogP contribution >= 0.6 is 0 Å². The van der Waals surface area contributed by atoms with Crippen LogP contribution in [0.2, 0.25) is 0 Å². The van der Waals surface area contributed by atoms with Gasteiger partial charge in [0.2, 0.25) is 5.89 Å². The monoisotopic (exact) mass is 580 g/mol. The highest BCUT2D eigenvalue weighted by molar-refractivity contribution is 5.78. The predicted octanol–water partition coefficient (Wildman–Crippen LogP) is 7.41. The minimum atomic E-state index is -1.12. The average molecular weight is 581 g/mol. The lowest BCUT2D eigenvalue weighted by atomic mass is 10.1. The van der Waals surface area contributed by atoms with E-state index in [1.807, 2.05) is 67.6 Å². The number of hydrogen-bond donors (Lipinski definition) is 1. The zero-order valence-electron chi connectivity index (χ0n) is 24.5. The molecule has 0 fully saturated rings. The number of rotatable bonds is 14. The Morgan fingerprint density at radius 2 is 1.58 bits per heavy atom. The van der Waals surface area contributed by atoms with Gasteiger partial charge in [-0.2, -0.15) is 0 Å². The highest BCUT2D eigenvalue weighted by Crippen LogP contribution is 2.22. The standard InChI is InChI=1S/C35H36N2O6/c1-26-32(36-34(42-26)29-13-9-7-10-14-29)15-11-6-4-3-5-8-12-27-16-18-28(19-17-27)24-37(25-33(38)39)35(40)43-31-22-20-30(41-2)21-23-31/h4-5,7,9-10,13-14,16-23H,6,8,11-12,15,24-25H2,1-2H3,(H,38,39). The number of benzene rings is 3. The van der Waals surface area contributed by atoms with Crippen molar-refractivity contribution in [3.63, 3.8) is 0 Å². The van der Waals surface area contributed by atoms with E-state index in [4.69, 9.17) is 13.9 Å². The lowest BCUT2D eigenvalue weighted by molar-refractivity contribution is -0.138. The van der Waals surface area contributed by atoms with Crippen LogP contribution in [0.1, 0.15) is 41.8 Å². The number of carboxylic acid groups (broad SMARTS) is 1. The van der Waals surface area contributed by atoms with Gasteiger partial charge < -0.3 is 19.0 Å². The first kappa shape index (κ1) is 30.9. The average Bonchev–Trinajstić information content (AvgIpc) is 3.39. The summed E-state index contributed by atoms with van der Waals surface area (Å²) in [6.07, 6.45) is 7.78. The summed E-state index contributed by atoms with van der Waals surface area (Å²) in [5, 5.41) is 9.30. The minimum absolute atomic E-state index is 0.117. The Morgan fingerprint density at radius 3 is 2.28 bits per heavy atom. The number of unbranched alkanes of at least 4 members (excludes halogenated alkanes) is 1. The highest BCUT2D eigenvalue weighted by atomic mass is 16.6. The van der Waals surface area contributed by atoms with E-state index in [9.17, 15) is 14.7 Å². The second-order valence-electron chi connectivity index (χ2n) is 10.0. The van der Waals surface area contributed by atoms with Gasteiger partial charge in [0.25, 0.3) is 0 Å². The van der Waals surface area contributed by atoms with E-state index in [-0.39, 0.29) is 6.54 Å². The van der Waals surface area contributed by atoms with Crippen LogP contribution in [-0.4, -0.2) is 40.7 Å². The highest BCUT2D eigenvalue weighted by Gasteiger charge is 2.19. The van der Waals surface area contributed by atoms with Gasteiger partial charge in [-0.3, -0.25) is 9.69 Å². The third-order valence-electron chi connectivity index (χ3n) is 6.73. The number of carbonyl (C=O) groups excluding carboxylic acids is 1. The zero-order chi connectivity index (χ0) is 30.4. The molecule has 0 bridgehead atoms. The number of amides is 1. The quantitative estimate of drug-likeness (QED) is 0.122. The Hall–Kier alpha value is -5.07. The van der Waals surface area contributed by atoms with Crippen molar-refractivity contribution in [3.8, 4) is 23.0 Å². The molecule has 0 unspecified atom stereocenters. The molecule has 0 atom stereocenters. The van der Waals surface area contributed by atoms with Crippen LogP contribution in [0.5, 0.6) is 11.5 Å². The summed E-state index contributed by atoms with van der Waals surface area (Å²) < 4.78 is 16.3. The van der Waals surface area contributed by atoms with Gasteiger partial charge >= 0.3 is 12.1 Å². The van der Waals surface area contributed by atoms with E-state index in [2.05, 4.69) is 16.8 Å². The number of nitrogens with zero attached hydrogens (tertiary/aromatic N) is 2. The maximum Gasteiger partial charge on any atom is 0.416 e. The van der Waals surface area contributed by atoms with Crippen LogP contribution in [0.15, 0.2) is 101 Å². The predicted molar refractivity (Wildman–Crippen MR) is 164 cm³/mol. The molecule has 0 saturated carbocycles. The molecule has 1 aromatic heterocycles. The SMILES string of the molecule is COc1ccc(OC(=O)N(CC(=O)O)Cc2ccc(CCC=C=CCCCc3nc(-c4ccccc4)oc3C)cc2)cc1. The molecule has 0 aliphatic carbocycles. The van der Waals surface area contributed by atoms with E-state index >= 15 is 0 Å². The number of ether oxygens (including phenoxy) is 2. The number of hydrogen-bond acceptors (Lipinski definition) is 6. The number of aryl methyl sites for hydroxylation is 3. The fourth-order valence-electron chi connectivity index (χ4n) is 4.41. The Balaban J connectivity index is 1.20. The second kappa shape index (κ2) is 15.8. The lowest BCUT2D eigenvalue weighted by Crippen LogP contribution is -2.37. The fraction of sp³-hybridized carbons (Fsp3) is 0.257. The number of carbonyl (C=O) groups is 2. The molecule has 8 heteroatoms.